The van der Waals surface area contributed by atoms with E-state index in [0.717, 1.165) is 70.6 Å². The molecule has 0 aliphatic rings. The van der Waals surface area contributed by atoms with Gasteiger partial charge in [0.1, 0.15) is 0 Å². The van der Waals surface area contributed by atoms with Gasteiger partial charge in [0.25, 0.3) is 0 Å². The van der Waals surface area contributed by atoms with E-state index >= 15 is 0 Å². The molecular weight excluding hydrogens is 923 g/mol. The molecule has 2 atom stereocenters. The maximum absolute atomic E-state index is 12.5. The van der Waals surface area contributed by atoms with Crippen molar-refractivity contribution in [3.8, 4) is 0 Å². The number of carbonyl (C=O) groups excluding carboxylic acids is 2. The average Bonchev–Trinajstić information content (AvgIpc) is 3.41. The standard InChI is InChI=1S/C69H133NO5/c1-3-5-7-9-11-13-15-17-19-21-23-26-29-33-37-41-45-49-53-57-61-67(72)66(65-71)70-68(73)62-58-54-50-46-42-38-34-30-27-24-28-32-36-40-44-48-52-56-60-64-75-69(74)63-59-55-51-47-43-39-35-31-25-22-20-18-16-14-12-10-8-6-4-2/h32,36,40,44,66-67,71-72H,3-31,33-35,37-39,41-43,45-65H2,1-2H3,(H,70,73)/b36-32-,44-40-. The van der Waals surface area contributed by atoms with Crippen molar-refractivity contribution >= 4 is 11.9 Å². The molecule has 0 saturated carbocycles. The third-order valence-electron chi connectivity index (χ3n) is 16.0. The van der Waals surface area contributed by atoms with Gasteiger partial charge in [-0.1, -0.05) is 334 Å². The van der Waals surface area contributed by atoms with Gasteiger partial charge in [-0.15, -0.1) is 0 Å². The van der Waals surface area contributed by atoms with E-state index in [4.69, 9.17) is 4.74 Å². The minimum Gasteiger partial charge on any atom is -0.466 e. The number of nitrogens with one attached hydrogen (secondary N) is 1. The molecular formula is C69H133NO5. The molecule has 444 valence electrons. The number of rotatable bonds is 64. The van der Waals surface area contributed by atoms with E-state index in [1.165, 1.54) is 276 Å². The van der Waals surface area contributed by atoms with Gasteiger partial charge < -0.3 is 20.3 Å². The molecule has 0 bridgehead atoms. The van der Waals surface area contributed by atoms with Crippen LogP contribution < -0.4 is 5.32 Å². The molecule has 0 aromatic carbocycles. The maximum Gasteiger partial charge on any atom is 0.305 e. The lowest BCUT2D eigenvalue weighted by Gasteiger charge is -2.22. The van der Waals surface area contributed by atoms with Crippen molar-refractivity contribution in [3.05, 3.63) is 24.3 Å². The fourth-order valence-electron chi connectivity index (χ4n) is 10.8. The van der Waals surface area contributed by atoms with Crippen LogP contribution in [-0.4, -0.2) is 47.4 Å². The lowest BCUT2D eigenvalue weighted by atomic mass is 10.0. The van der Waals surface area contributed by atoms with E-state index in [0.29, 0.717) is 25.9 Å². The Hall–Kier alpha value is -1.66. The summed E-state index contributed by atoms with van der Waals surface area (Å²) in [5.74, 6) is -0.0486. The van der Waals surface area contributed by atoms with Crippen LogP contribution in [-0.2, 0) is 14.3 Å². The lowest BCUT2D eigenvalue weighted by Crippen LogP contribution is -2.45. The minimum atomic E-state index is -0.672. The monoisotopic (exact) mass is 1060 g/mol. The SMILES string of the molecule is CCCCCCCCCCCCCCCCCCCCCCC(O)C(CO)NC(=O)CCCCCCCCCCCC/C=C\C=C/CCCCCOC(=O)CCCCCCCCCCCCCCCCCCCCC. The third kappa shape index (κ3) is 61.4. The predicted octanol–water partition coefficient (Wildman–Crippen LogP) is 21.8. The molecule has 6 nitrogen and oxygen atoms in total. The van der Waals surface area contributed by atoms with Gasteiger partial charge in [-0.05, 0) is 57.8 Å². The molecule has 0 radical (unpaired) electrons. The third-order valence-corrected chi connectivity index (χ3v) is 16.0. The number of hydrogen-bond acceptors (Lipinski definition) is 5. The molecule has 0 spiro atoms. The van der Waals surface area contributed by atoms with Crippen molar-refractivity contribution in [1.82, 2.24) is 5.32 Å². The number of amides is 1. The lowest BCUT2D eigenvalue weighted by molar-refractivity contribution is -0.143. The number of aliphatic hydroxyl groups is 2. The van der Waals surface area contributed by atoms with Crippen LogP contribution in [0.1, 0.15) is 380 Å². The van der Waals surface area contributed by atoms with Crippen LogP contribution in [0.4, 0.5) is 0 Å². The molecule has 0 aliphatic heterocycles. The zero-order chi connectivity index (χ0) is 54.3. The molecule has 6 heteroatoms. The summed E-state index contributed by atoms with van der Waals surface area (Å²) in [6.07, 6.45) is 80.7. The van der Waals surface area contributed by atoms with Gasteiger partial charge in [0.05, 0.1) is 25.4 Å². The quantitative estimate of drug-likeness (QED) is 0.0320. The smallest absolute Gasteiger partial charge is 0.305 e. The number of unbranched alkanes of at least 4 members (excludes halogenated alkanes) is 50. The van der Waals surface area contributed by atoms with E-state index in [1.807, 2.05) is 0 Å². The molecule has 0 rings (SSSR count). The molecule has 0 aliphatic carbocycles. The second-order valence-corrected chi connectivity index (χ2v) is 23.5. The fraction of sp³-hybridized carbons (Fsp3) is 0.913. The molecule has 0 aromatic rings. The van der Waals surface area contributed by atoms with E-state index in [9.17, 15) is 19.8 Å². The zero-order valence-corrected chi connectivity index (χ0v) is 50.8. The van der Waals surface area contributed by atoms with Crippen LogP contribution in [0.5, 0.6) is 0 Å². The summed E-state index contributed by atoms with van der Waals surface area (Å²) < 4.78 is 5.48. The van der Waals surface area contributed by atoms with Crippen LogP contribution >= 0.6 is 0 Å². The highest BCUT2D eigenvalue weighted by molar-refractivity contribution is 5.76. The largest absolute Gasteiger partial charge is 0.466 e. The summed E-state index contributed by atoms with van der Waals surface area (Å²) in [5, 5.41) is 23.4. The van der Waals surface area contributed by atoms with Gasteiger partial charge in [-0.2, -0.15) is 0 Å². The van der Waals surface area contributed by atoms with E-state index in [2.05, 4.69) is 43.5 Å². The molecule has 1 amide bonds. The number of allylic oxidation sites excluding steroid dienone is 4. The van der Waals surface area contributed by atoms with Crippen LogP contribution in [0.3, 0.4) is 0 Å². The summed E-state index contributed by atoms with van der Waals surface area (Å²) in [6.45, 7) is 4.95. The van der Waals surface area contributed by atoms with Crippen LogP contribution in [0.2, 0.25) is 0 Å². The van der Waals surface area contributed by atoms with Crippen molar-refractivity contribution < 1.29 is 24.5 Å². The number of hydrogen-bond donors (Lipinski definition) is 3. The highest BCUT2D eigenvalue weighted by Crippen LogP contribution is 2.19. The summed E-state index contributed by atoms with van der Waals surface area (Å²) >= 11 is 0. The molecule has 0 aromatic heterocycles. The molecule has 0 heterocycles. The highest BCUT2D eigenvalue weighted by atomic mass is 16.5. The molecule has 3 N–H and O–H groups in total. The first-order valence-corrected chi connectivity index (χ1v) is 34.1. The topological polar surface area (TPSA) is 95.9 Å². The van der Waals surface area contributed by atoms with Crippen molar-refractivity contribution in [2.45, 2.75) is 392 Å². The number of carbonyl (C=O) groups is 2. The molecule has 0 saturated heterocycles. The number of esters is 1. The molecule has 75 heavy (non-hydrogen) atoms. The van der Waals surface area contributed by atoms with Gasteiger partial charge in [0.15, 0.2) is 0 Å². The fourth-order valence-corrected chi connectivity index (χ4v) is 10.8. The van der Waals surface area contributed by atoms with Crippen molar-refractivity contribution in [3.63, 3.8) is 0 Å². The Kier molecular flexibility index (Phi) is 63.4. The van der Waals surface area contributed by atoms with Gasteiger partial charge in [-0.25, -0.2) is 0 Å². The minimum absolute atomic E-state index is 0.00759. The Balaban J connectivity index is 3.44. The molecule has 2 unspecified atom stereocenters. The van der Waals surface area contributed by atoms with Gasteiger partial charge >= 0.3 is 5.97 Å². The Labute approximate surface area is 469 Å². The zero-order valence-electron chi connectivity index (χ0n) is 50.8. The van der Waals surface area contributed by atoms with Crippen molar-refractivity contribution in [2.24, 2.45) is 0 Å². The molecule has 0 fully saturated rings. The first kappa shape index (κ1) is 73.3. The van der Waals surface area contributed by atoms with Crippen molar-refractivity contribution in [2.75, 3.05) is 13.2 Å². The van der Waals surface area contributed by atoms with E-state index in [-0.39, 0.29) is 18.5 Å². The van der Waals surface area contributed by atoms with Crippen LogP contribution in [0.15, 0.2) is 24.3 Å². The Morgan fingerprint density at radius 3 is 0.987 bits per heavy atom. The number of ether oxygens (including phenoxy) is 1. The first-order chi connectivity index (χ1) is 37.0. The Morgan fingerprint density at radius 2 is 0.653 bits per heavy atom. The Morgan fingerprint density at radius 1 is 0.373 bits per heavy atom. The second kappa shape index (κ2) is 64.9. The van der Waals surface area contributed by atoms with Gasteiger partial charge in [-0.3, -0.25) is 9.59 Å². The number of aliphatic hydroxyl groups excluding tert-OH is 2. The van der Waals surface area contributed by atoms with Gasteiger partial charge in [0, 0.05) is 12.8 Å². The Bertz CT molecular complexity index is 1170. The summed E-state index contributed by atoms with van der Waals surface area (Å²) in [4.78, 5) is 24.6. The predicted molar refractivity (Wildman–Crippen MR) is 329 cm³/mol. The average molecular weight is 1060 g/mol. The highest BCUT2D eigenvalue weighted by Gasteiger charge is 2.20. The summed E-state index contributed by atoms with van der Waals surface area (Å²) in [7, 11) is 0. The first-order valence-electron chi connectivity index (χ1n) is 34.1. The second-order valence-electron chi connectivity index (χ2n) is 23.5. The van der Waals surface area contributed by atoms with E-state index < -0.39 is 12.1 Å². The van der Waals surface area contributed by atoms with E-state index in [1.54, 1.807) is 0 Å². The maximum atomic E-state index is 12.5. The normalized spacial score (nSPS) is 12.6. The van der Waals surface area contributed by atoms with Gasteiger partial charge in [0.2, 0.25) is 5.91 Å². The summed E-state index contributed by atoms with van der Waals surface area (Å²) in [5.41, 5.74) is 0. The van der Waals surface area contributed by atoms with Crippen molar-refractivity contribution in [1.29, 1.82) is 0 Å². The van der Waals surface area contributed by atoms with Crippen LogP contribution in [0, 0.1) is 0 Å². The van der Waals surface area contributed by atoms with Crippen LogP contribution in [0.25, 0.3) is 0 Å². The summed E-state index contributed by atoms with van der Waals surface area (Å²) in [6, 6.07) is -0.550.